The van der Waals surface area contributed by atoms with E-state index >= 15 is 0 Å². The molecule has 3 nitrogen and oxygen atoms in total. The average molecular weight is 329 g/mol. The van der Waals surface area contributed by atoms with E-state index in [0.29, 0.717) is 0 Å². The number of hydrogen-bond acceptors (Lipinski definition) is 3. The van der Waals surface area contributed by atoms with Crippen molar-refractivity contribution >= 4 is 5.69 Å². The number of benzene rings is 3. The average Bonchev–Trinajstić information content (AvgIpc) is 2.67. The molecule has 0 aliphatic rings. The van der Waals surface area contributed by atoms with Crippen LogP contribution >= 0.6 is 0 Å². The fourth-order valence-corrected chi connectivity index (χ4v) is 2.30. The largest absolute Gasteiger partial charge is 0.481 e. The molecule has 3 aromatic rings. The van der Waals surface area contributed by atoms with Crippen molar-refractivity contribution in [1.82, 2.24) is 0 Å². The lowest BCUT2D eigenvalue weighted by atomic mass is 10.2. The van der Waals surface area contributed by atoms with E-state index < -0.39 is 0 Å². The van der Waals surface area contributed by atoms with Gasteiger partial charge in [0.25, 0.3) is 0 Å². The molecule has 25 heavy (non-hydrogen) atoms. The minimum atomic E-state index is 0.287. The maximum Gasteiger partial charge on any atom is 0.148 e. The highest BCUT2D eigenvalue weighted by Gasteiger charge is 1.99. The number of hydrogen-bond donors (Lipinski definition) is 1. The Morgan fingerprint density at radius 2 is 1.40 bits per heavy atom. The van der Waals surface area contributed by atoms with Crippen LogP contribution in [0.4, 0.5) is 5.69 Å². The number of anilines is 1. The first-order chi connectivity index (χ1) is 12.3. The van der Waals surface area contributed by atoms with Gasteiger partial charge in [-0.05, 0) is 54.1 Å². The first-order valence-electron chi connectivity index (χ1n) is 8.05. The van der Waals surface area contributed by atoms with Crippen molar-refractivity contribution in [2.24, 2.45) is 0 Å². The molecular formula is C22H19NO2. The van der Waals surface area contributed by atoms with Crippen molar-refractivity contribution in [3.63, 3.8) is 0 Å². The Hall–Kier alpha value is -3.38. The van der Waals surface area contributed by atoms with Crippen molar-refractivity contribution < 1.29 is 9.47 Å². The van der Waals surface area contributed by atoms with Gasteiger partial charge in [0.2, 0.25) is 0 Å². The Bertz CT molecular complexity index is 819. The van der Waals surface area contributed by atoms with Crippen LogP contribution in [-0.4, -0.2) is 6.61 Å². The second kappa shape index (κ2) is 8.47. The molecule has 0 fully saturated rings. The molecule has 0 radical (unpaired) electrons. The number of ether oxygens (including phenoxy) is 2. The highest BCUT2D eigenvalue weighted by molar-refractivity contribution is 5.47. The zero-order chi connectivity index (χ0) is 17.3. The van der Waals surface area contributed by atoms with Gasteiger partial charge in [0.15, 0.2) is 0 Å². The fraction of sp³-hybridized carbons (Fsp3) is 0.0909. The van der Waals surface area contributed by atoms with Crippen molar-refractivity contribution in [2.75, 3.05) is 11.9 Å². The van der Waals surface area contributed by atoms with E-state index in [4.69, 9.17) is 15.9 Å². The summed E-state index contributed by atoms with van der Waals surface area (Å²) < 4.78 is 11.2. The zero-order valence-corrected chi connectivity index (χ0v) is 13.8. The quantitative estimate of drug-likeness (QED) is 0.612. The van der Waals surface area contributed by atoms with Gasteiger partial charge in [-0.15, -0.1) is 6.42 Å². The molecule has 3 heteroatoms. The number of para-hydroxylation sites is 1. The van der Waals surface area contributed by atoms with Crippen molar-refractivity contribution in [3.8, 4) is 29.6 Å². The summed E-state index contributed by atoms with van der Waals surface area (Å²) in [6, 6.07) is 25.5. The van der Waals surface area contributed by atoms with Crippen LogP contribution in [-0.2, 0) is 6.54 Å². The van der Waals surface area contributed by atoms with Crippen molar-refractivity contribution in [2.45, 2.75) is 6.54 Å². The zero-order valence-electron chi connectivity index (χ0n) is 13.8. The third kappa shape index (κ3) is 5.05. The van der Waals surface area contributed by atoms with Gasteiger partial charge in [-0.25, -0.2) is 0 Å². The smallest absolute Gasteiger partial charge is 0.148 e. The lowest BCUT2D eigenvalue weighted by molar-refractivity contribution is 0.370. The lowest BCUT2D eigenvalue weighted by Crippen LogP contribution is -1.99. The summed E-state index contributed by atoms with van der Waals surface area (Å²) >= 11 is 0. The second-order valence-electron chi connectivity index (χ2n) is 5.43. The third-order valence-electron chi connectivity index (χ3n) is 3.58. The number of rotatable bonds is 7. The Morgan fingerprint density at radius 3 is 2.08 bits per heavy atom. The van der Waals surface area contributed by atoms with E-state index in [1.165, 1.54) is 0 Å². The topological polar surface area (TPSA) is 30.5 Å². The molecule has 3 aromatic carbocycles. The summed E-state index contributed by atoms with van der Waals surface area (Å²) in [7, 11) is 0. The molecule has 124 valence electrons. The van der Waals surface area contributed by atoms with Crippen LogP contribution in [0.15, 0.2) is 78.9 Å². The molecular weight excluding hydrogens is 310 g/mol. The highest BCUT2D eigenvalue weighted by Crippen LogP contribution is 2.23. The molecule has 3 rings (SSSR count). The SMILES string of the molecule is C#CCOc1ccc(CNc2ccc(Oc3ccccc3)cc2)cc1. The molecule has 0 spiro atoms. The van der Waals surface area contributed by atoms with Gasteiger partial charge < -0.3 is 14.8 Å². The van der Waals surface area contributed by atoms with Gasteiger partial charge >= 0.3 is 0 Å². The van der Waals surface area contributed by atoms with E-state index in [-0.39, 0.29) is 6.61 Å². The van der Waals surface area contributed by atoms with Crippen molar-refractivity contribution in [1.29, 1.82) is 0 Å². The molecule has 0 aromatic heterocycles. The molecule has 1 N–H and O–H groups in total. The van der Waals surface area contributed by atoms with E-state index in [1.807, 2.05) is 78.9 Å². The normalized spacial score (nSPS) is 9.88. The van der Waals surface area contributed by atoms with E-state index in [1.54, 1.807) is 0 Å². The van der Waals surface area contributed by atoms with Crippen LogP contribution in [0.25, 0.3) is 0 Å². The van der Waals surface area contributed by atoms with Gasteiger partial charge in [-0.2, -0.15) is 0 Å². The molecule has 0 amide bonds. The molecule has 0 aliphatic carbocycles. The van der Waals surface area contributed by atoms with Crippen LogP contribution in [0.2, 0.25) is 0 Å². The maximum atomic E-state index is 5.79. The van der Waals surface area contributed by atoms with Gasteiger partial charge in [0, 0.05) is 12.2 Å². The fourth-order valence-electron chi connectivity index (χ4n) is 2.30. The molecule has 0 atom stereocenters. The summed E-state index contributed by atoms with van der Waals surface area (Å²) in [6.07, 6.45) is 5.18. The molecule has 0 saturated carbocycles. The Balaban J connectivity index is 1.52. The maximum absolute atomic E-state index is 5.79. The van der Waals surface area contributed by atoms with Crippen LogP contribution in [0, 0.1) is 12.3 Å². The summed E-state index contributed by atoms with van der Waals surface area (Å²) in [5, 5.41) is 3.39. The monoisotopic (exact) mass is 329 g/mol. The molecule has 0 unspecified atom stereocenters. The van der Waals surface area contributed by atoms with Gasteiger partial charge in [0.1, 0.15) is 23.9 Å². The molecule has 0 bridgehead atoms. The standard InChI is InChI=1S/C22H19NO2/c1-2-16-24-20-12-8-18(9-13-20)17-23-19-10-14-22(15-11-19)25-21-6-4-3-5-7-21/h1,3-15,23H,16-17H2. The summed E-state index contributed by atoms with van der Waals surface area (Å²) in [5.41, 5.74) is 2.20. The van der Waals surface area contributed by atoms with Crippen molar-refractivity contribution in [3.05, 3.63) is 84.4 Å². The van der Waals surface area contributed by atoms with E-state index in [9.17, 15) is 0 Å². The Morgan fingerprint density at radius 1 is 0.760 bits per heavy atom. The van der Waals surface area contributed by atoms with Crippen LogP contribution in [0.3, 0.4) is 0 Å². The first-order valence-corrected chi connectivity index (χ1v) is 8.05. The van der Waals surface area contributed by atoms with Gasteiger partial charge in [0.05, 0.1) is 0 Å². The Kier molecular flexibility index (Phi) is 5.58. The Labute approximate surface area is 148 Å². The number of nitrogens with one attached hydrogen (secondary N) is 1. The van der Waals surface area contributed by atoms with Gasteiger partial charge in [-0.1, -0.05) is 36.3 Å². The predicted octanol–water partition coefficient (Wildman–Crippen LogP) is 5.10. The van der Waals surface area contributed by atoms with Gasteiger partial charge in [-0.3, -0.25) is 0 Å². The summed E-state index contributed by atoms with van der Waals surface area (Å²) in [5.74, 6) is 4.87. The van der Waals surface area contributed by atoms with E-state index in [2.05, 4.69) is 11.2 Å². The van der Waals surface area contributed by atoms with Crippen LogP contribution in [0.5, 0.6) is 17.2 Å². The molecule has 0 saturated heterocycles. The number of terminal acetylenes is 1. The second-order valence-corrected chi connectivity index (χ2v) is 5.43. The summed E-state index contributed by atoms with van der Waals surface area (Å²) in [4.78, 5) is 0. The predicted molar refractivity (Wildman–Crippen MR) is 101 cm³/mol. The third-order valence-corrected chi connectivity index (χ3v) is 3.58. The molecule has 0 aliphatic heterocycles. The van der Waals surface area contributed by atoms with Crippen LogP contribution in [0.1, 0.15) is 5.56 Å². The summed E-state index contributed by atoms with van der Waals surface area (Å²) in [6.45, 7) is 1.02. The van der Waals surface area contributed by atoms with Crippen LogP contribution < -0.4 is 14.8 Å². The minimum Gasteiger partial charge on any atom is -0.481 e. The molecule has 0 heterocycles. The highest BCUT2D eigenvalue weighted by atomic mass is 16.5. The minimum absolute atomic E-state index is 0.287. The first kappa shape index (κ1) is 16.5. The van der Waals surface area contributed by atoms with E-state index in [0.717, 1.165) is 35.0 Å². The lowest BCUT2D eigenvalue weighted by Gasteiger charge is -2.09.